The lowest BCUT2D eigenvalue weighted by atomic mass is 10.2. The number of ether oxygens (including phenoxy) is 2. The second-order valence-corrected chi connectivity index (χ2v) is 7.19. The summed E-state index contributed by atoms with van der Waals surface area (Å²) in [5.41, 5.74) is 1.55. The number of fused-ring (bicyclic) bond motifs is 1. The smallest absolute Gasteiger partial charge is 0.278 e. The number of imidazole rings is 1. The second-order valence-electron chi connectivity index (χ2n) is 6.38. The number of rotatable bonds is 7. The van der Waals surface area contributed by atoms with Crippen LogP contribution in [0.15, 0.2) is 35.2 Å². The highest BCUT2D eigenvalue weighted by Crippen LogP contribution is 2.36. The Morgan fingerprint density at radius 2 is 2.03 bits per heavy atom. The summed E-state index contributed by atoms with van der Waals surface area (Å²) in [6.07, 6.45) is 4.97. The summed E-state index contributed by atoms with van der Waals surface area (Å²) in [4.78, 5) is 12.9. The quantitative estimate of drug-likeness (QED) is 0.452. The zero-order chi connectivity index (χ0) is 21.3. The van der Waals surface area contributed by atoms with Crippen molar-refractivity contribution in [1.29, 1.82) is 0 Å². The van der Waals surface area contributed by atoms with Gasteiger partial charge in [-0.2, -0.15) is 4.98 Å². The fourth-order valence-corrected chi connectivity index (χ4v) is 3.10. The first-order valence-corrected chi connectivity index (χ1v) is 9.77. The number of aliphatic hydroxyl groups excluding tert-OH is 1. The van der Waals surface area contributed by atoms with Crippen LogP contribution in [0.3, 0.4) is 0 Å². The number of aromatic nitrogens is 5. The molecule has 1 unspecified atom stereocenters. The van der Waals surface area contributed by atoms with Crippen LogP contribution in [0.4, 0.5) is 0 Å². The lowest BCUT2D eigenvalue weighted by molar-refractivity contribution is 0.104. The fraction of sp³-hybridized carbons (Fsp3) is 0.263. The summed E-state index contributed by atoms with van der Waals surface area (Å²) in [7, 11) is 1.54. The lowest BCUT2D eigenvalue weighted by Gasteiger charge is -2.12. The number of halogens is 2. The molecule has 3 aromatic heterocycles. The number of nitrogens with zero attached hydrogens (tertiary/aromatic N) is 5. The van der Waals surface area contributed by atoms with E-state index in [1.807, 2.05) is 6.92 Å². The molecule has 0 amide bonds. The summed E-state index contributed by atoms with van der Waals surface area (Å²) < 4.78 is 17.7. The number of hydrogen-bond donors (Lipinski definition) is 1. The van der Waals surface area contributed by atoms with E-state index in [-0.39, 0.29) is 18.3 Å². The largest absolute Gasteiger partial charge is 0.489 e. The first-order chi connectivity index (χ1) is 14.5. The molecule has 0 bridgehead atoms. The van der Waals surface area contributed by atoms with Crippen molar-refractivity contribution in [2.75, 3.05) is 13.7 Å². The molecule has 1 aromatic carbocycles. The highest BCUT2D eigenvalue weighted by Gasteiger charge is 2.18. The van der Waals surface area contributed by atoms with Crippen molar-refractivity contribution in [3.8, 4) is 34.6 Å². The van der Waals surface area contributed by atoms with E-state index in [2.05, 4.69) is 20.1 Å². The molecule has 11 heteroatoms. The average molecular weight is 450 g/mol. The van der Waals surface area contributed by atoms with Gasteiger partial charge in [0.05, 0.1) is 35.7 Å². The first-order valence-electron chi connectivity index (χ1n) is 9.01. The number of aliphatic hydroxyl groups is 1. The van der Waals surface area contributed by atoms with Gasteiger partial charge in [0, 0.05) is 17.8 Å². The second kappa shape index (κ2) is 8.47. The van der Waals surface area contributed by atoms with Crippen LogP contribution in [0.1, 0.15) is 13.3 Å². The summed E-state index contributed by atoms with van der Waals surface area (Å²) in [6, 6.07) is 3.14. The Morgan fingerprint density at radius 1 is 1.20 bits per heavy atom. The van der Waals surface area contributed by atoms with Gasteiger partial charge in [0.15, 0.2) is 5.65 Å². The molecule has 0 fully saturated rings. The molecule has 0 radical (unpaired) electrons. The Morgan fingerprint density at radius 3 is 2.80 bits per heavy atom. The average Bonchev–Trinajstić information content (AvgIpc) is 3.40. The minimum absolute atomic E-state index is 0.117. The summed E-state index contributed by atoms with van der Waals surface area (Å²) in [5, 5.41) is 14.3. The third-order valence-electron chi connectivity index (χ3n) is 4.34. The number of methoxy groups -OCH3 is 1. The highest BCUT2D eigenvalue weighted by molar-refractivity contribution is 6.36. The van der Waals surface area contributed by atoms with Crippen LogP contribution in [-0.4, -0.2) is 49.4 Å². The summed E-state index contributed by atoms with van der Waals surface area (Å²) in [6.45, 7) is 1.97. The molecule has 1 atom stereocenters. The van der Waals surface area contributed by atoms with E-state index < -0.39 is 6.10 Å². The van der Waals surface area contributed by atoms with Gasteiger partial charge in [-0.15, -0.1) is 0 Å². The molecule has 4 rings (SSSR count). The molecule has 0 saturated heterocycles. The van der Waals surface area contributed by atoms with Gasteiger partial charge >= 0.3 is 0 Å². The van der Waals surface area contributed by atoms with Crippen LogP contribution in [0.2, 0.25) is 10.0 Å². The molecule has 1 N–H and O–H groups in total. The van der Waals surface area contributed by atoms with E-state index in [4.69, 9.17) is 37.2 Å². The van der Waals surface area contributed by atoms with E-state index in [1.165, 1.54) is 7.11 Å². The van der Waals surface area contributed by atoms with Crippen molar-refractivity contribution in [2.24, 2.45) is 0 Å². The van der Waals surface area contributed by atoms with Crippen molar-refractivity contribution < 1.29 is 19.1 Å². The van der Waals surface area contributed by atoms with Gasteiger partial charge in [-0.05, 0) is 12.5 Å². The van der Waals surface area contributed by atoms with Crippen LogP contribution in [0.25, 0.3) is 28.6 Å². The van der Waals surface area contributed by atoms with Crippen molar-refractivity contribution >= 4 is 28.8 Å². The SMILES string of the molecule is CCC(O)COc1cc(Cl)c(-c2noc(-c3cn4cc(OC)ncc4n3)n2)cc1Cl. The topological polar surface area (TPSA) is 108 Å². The molecular weight excluding hydrogens is 433 g/mol. The molecule has 30 heavy (non-hydrogen) atoms. The Hall–Kier alpha value is -2.88. The standard InChI is InChI=1S/C19H17Cl2N5O4/c1-3-10(27)9-29-15-5-12(20)11(4-13(15)21)18-24-19(30-25-18)14-7-26-8-17(28-2)22-6-16(26)23-14/h4-8,10,27H,3,9H2,1-2H3. The molecule has 0 aliphatic heterocycles. The molecule has 156 valence electrons. The van der Waals surface area contributed by atoms with Crippen LogP contribution in [0.5, 0.6) is 11.6 Å². The number of hydrogen-bond acceptors (Lipinski definition) is 8. The molecule has 4 aromatic rings. The monoisotopic (exact) mass is 449 g/mol. The van der Waals surface area contributed by atoms with Gasteiger partial charge in [0.1, 0.15) is 18.1 Å². The van der Waals surface area contributed by atoms with Gasteiger partial charge < -0.3 is 19.1 Å². The summed E-state index contributed by atoms with van der Waals surface area (Å²) >= 11 is 12.7. The third-order valence-corrected chi connectivity index (χ3v) is 4.95. The van der Waals surface area contributed by atoms with Crippen molar-refractivity contribution in [1.82, 2.24) is 24.5 Å². The maximum atomic E-state index is 9.65. The molecular formula is C19H17Cl2N5O4. The van der Waals surface area contributed by atoms with Crippen molar-refractivity contribution in [3.05, 3.63) is 40.8 Å². The predicted molar refractivity (Wildman–Crippen MR) is 110 cm³/mol. The van der Waals surface area contributed by atoms with E-state index in [0.717, 1.165) is 0 Å². The Labute approximate surface area is 181 Å². The van der Waals surface area contributed by atoms with Gasteiger partial charge in [-0.25, -0.2) is 9.97 Å². The molecule has 3 heterocycles. The molecule has 0 saturated carbocycles. The fourth-order valence-electron chi connectivity index (χ4n) is 2.64. The zero-order valence-corrected chi connectivity index (χ0v) is 17.6. The lowest BCUT2D eigenvalue weighted by Crippen LogP contribution is -2.16. The molecule has 9 nitrogen and oxygen atoms in total. The highest BCUT2D eigenvalue weighted by atomic mass is 35.5. The van der Waals surface area contributed by atoms with Crippen molar-refractivity contribution in [2.45, 2.75) is 19.4 Å². The van der Waals surface area contributed by atoms with Gasteiger partial charge in [-0.1, -0.05) is 35.3 Å². The van der Waals surface area contributed by atoms with Gasteiger partial charge in [-0.3, -0.25) is 4.40 Å². The maximum Gasteiger partial charge on any atom is 0.278 e. The first kappa shape index (κ1) is 20.4. The summed E-state index contributed by atoms with van der Waals surface area (Å²) in [5.74, 6) is 1.28. The zero-order valence-electron chi connectivity index (χ0n) is 16.0. The molecule has 0 spiro atoms. The number of benzene rings is 1. The van der Waals surface area contributed by atoms with Crippen LogP contribution in [0, 0.1) is 0 Å². The van der Waals surface area contributed by atoms with E-state index in [0.29, 0.717) is 45.0 Å². The Balaban J connectivity index is 1.61. The van der Waals surface area contributed by atoms with E-state index >= 15 is 0 Å². The van der Waals surface area contributed by atoms with E-state index in [9.17, 15) is 5.11 Å². The normalized spacial score (nSPS) is 12.3. The van der Waals surface area contributed by atoms with Gasteiger partial charge in [0.2, 0.25) is 11.7 Å². The van der Waals surface area contributed by atoms with Crippen LogP contribution >= 0.6 is 23.2 Å². The molecule has 0 aliphatic carbocycles. The van der Waals surface area contributed by atoms with E-state index in [1.54, 1.807) is 35.1 Å². The minimum atomic E-state index is -0.583. The Bertz CT molecular complexity index is 1190. The third kappa shape index (κ3) is 4.04. The van der Waals surface area contributed by atoms with Crippen molar-refractivity contribution in [3.63, 3.8) is 0 Å². The minimum Gasteiger partial charge on any atom is -0.489 e. The molecule has 0 aliphatic rings. The van der Waals surface area contributed by atoms with Gasteiger partial charge in [0.25, 0.3) is 5.89 Å². The van der Waals surface area contributed by atoms with Crippen LogP contribution < -0.4 is 9.47 Å². The maximum absolute atomic E-state index is 9.65. The van der Waals surface area contributed by atoms with Crippen LogP contribution in [-0.2, 0) is 0 Å². The Kier molecular flexibility index (Phi) is 5.76. The predicted octanol–water partition coefficient (Wildman–Crippen LogP) is 3.91.